The fourth-order valence-corrected chi connectivity index (χ4v) is 2.63. The molecule has 8 heteroatoms. The van der Waals surface area contributed by atoms with E-state index in [-0.39, 0.29) is 0 Å². The first-order valence-electron chi connectivity index (χ1n) is 6.14. The molecule has 2 aromatic rings. The maximum atomic E-state index is 5.57. The lowest BCUT2D eigenvalue weighted by molar-refractivity contribution is 0.0674. The maximum Gasteiger partial charge on any atom is 0.222 e. The van der Waals surface area contributed by atoms with E-state index in [9.17, 15) is 0 Å². The van der Waals surface area contributed by atoms with Gasteiger partial charge in [-0.2, -0.15) is 0 Å². The summed E-state index contributed by atoms with van der Waals surface area (Å²) >= 11 is 3.42. The van der Waals surface area contributed by atoms with Crippen molar-refractivity contribution in [2.45, 2.75) is 32.4 Å². The summed E-state index contributed by atoms with van der Waals surface area (Å²) in [4.78, 5) is 4.53. The minimum atomic E-state index is -1.04. The molecule has 0 spiro atoms. The molecule has 2 rings (SSSR count). The zero-order valence-corrected chi connectivity index (χ0v) is 13.9. The number of hydrogen-bond acceptors (Lipinski definition) is 4. The molecule has 0 radical (unpaired) electrons. The van der Waals surface area contributed by atoms with Gasteiger partial charge >= 0.3 is 0 Å². The Hall–Kier alpha value is -0.993. The molecule has 0 saturated carbocycles. The van der Waals surface area contributed by atoms with Gasteiger partial charge in [-0.1, -0.05) is 19.6 Å². The summed E-state index contributed by atoms with van der Waals surface area (Å²) in [5.74, 6) is 0.561. The number of ether oxygens (including phenoxy) is 1. The number of rotatable bonds is 6. The highest BCUT2D eigenvalue weighted by molar-refractivity contribution is 9.10. The lowest BCUT2D eigenvalue weighted by Gasteiger charge is -2.14. The number of hydrogen-bond donors (Lipinski definition) is 1. The van der Waals surface area contributed by atoms with Crippen molar-refractivity contribution in [3.63, 3.8) is 0 Å². The molecular weight excluding hydrogens is 326 g/mol. The molecule has 0 atom stereocenters. The van der Waals surface area contributed by atoms with Gasteiger partial charge in [-0.25, -0.2) is 0 Å². The Morgan fingerprint density at radius 1 is 1.42 bits per heavy atom. The van der Waals surface area contributed by atoms with Crippen LogP contribution in [0, 0.1) is 0 Å². The third kappa shape index (κ3) is 4.25. The monoisotopic (exact) mass is 343 g/mol. The fraction of sp³-hybridized carbons (Fsp3) is 0.545. The summed E-state index contributed by atoms with van der Waals surface area (Å²) in [6, 6.07) is 3.04. The van der Waals surface area contributed by atoms with Crippen molar-refractivity contribution in [3.8, 4) is 11.5 Å². The van der Waals surface area contributed by atoms with E-state index in [1.54, 1.807) is 0 Å². The summed E-state index contributed by atoms with van der Waals surface area (Å²) < 4.78 is 6.49. The molecule has 0 unspecified atom stereocenters. The number of H-pyrrole nitrogens is 1. The van der Waals surface area contributed by atoms with Gasteiger partial charge in [0.15, 0.2) is 6.73 Å². The average Bonchev–Trinajstić information content (AvgIpc) is 2.91. The van der Waals surface area contributed by atoms with Gasteiger partial charge in [0.2, 0.25) is 5.82 Å². The third-order valence-corrected chi connectivity index (χ3v) is 4.94. The van der Waals surface area contributed by atoms with E-state index >= 15 is 0 Å². The van der Waals surface area contributed by atoms with E-state index < -0.39 is 8.07 Å². The molecule has 0 aliphatic heterocycles. The van der Waals surface area contributed by atoms with Gasteiger partial charge < -0.3 is 9.72 Å². The van der Waals surface area contributed by atoms with Crippen molar-refractivity contribution in [2.24, 2.45) is 0 Å². The second kappa shape index (κ2) is 5.97. The van der Waals surface area contributed by atoms with Crippen LogP contribution < -0.4 is 0 Å². The Kier molecular flexibility index (Phi) is 4.53. The van der Waals surface area contributed by atoms with Crippen molar-refractivity contribution < 1.29 is 4.74 Å². The number of nitrogens with zero attached hydrogens (tertiary/aromatic N) is 4. The van der Waals surface area contributed by atoms with E-state index in [1.807, 2.05) is 12.3 Å². The summed E-state index contributed by atoms with van der Waals surface area (Å²) in [7, 11) is -1.04. The van der Waals surface area contributed by atoms with Crippen LogP contribution in [0.3, 0.4) is 0 Å². The lowest BCUT2D eigenvalue weighted by atomic mass is 10.4. The van der Waals surface area contributed by atoms with Crippen LogP contribution in [0.25, 0.3) is 11.5 Å². The summed E-state index contributed by atoms with van der Waals surface area (Å²) in [5.41, 5.74) is 0.827. The van der Waals surface area contributed by atoms with Gasteiger partial charge in [-0.15, -0.1) is 15.0 Å². The highest BCUT2D eigenvalue weighted by Crippen LogP contribution is 2.22. The van der Waals surface area contributed by atoms with Gasteiger partial charge in [0.1, 0.15) is 5.69 Å². The summed E-state index contributed by atoms with van der Waals surface area (Å²) in [6.45, 7) is 8.06. The molecular formula is C11H18BrN5OSi. The van der Waals surface area contributed by atoms with Crippen molar-refractivity contribution in [2.75, 3.05) is 6.61 Å². The topological polar surface area (TPSA) is 68.6 Å². The first-order valence-corrected chi connectivity index (χ1v) is 10.6. The number of aromatic amines is 1. The quantitative estimate of drug-likeness (QED) is 0.646. The van der Waals surface area contributed by atoms with Gasteiger partial charge in [0.05, 0.1) is 0 Å². The van der Waals surface area contributed by atoms with Crippen molar-refractivity contribution in [3.05, 3.63) is 16.7 Å². The molecule has 0 aliphatic rings. The first-order chi connectivity index (χ1) is 8.96. The van der Waals surface area contributed by atoms with Crippen LogP contribution in [0.4, 0.5) is 0 Å². The largest absolute Gasteiger partial charge is 0.358 e. The molecule has 0 fully saturated rings. The van der Waals surface area contributed by atoms with Crippen LogP contribution in [0.5, 0.6) is 0 Å². The predicted octanol–water partition coefficient (Wildman–Crippen LogP) is 2.74. The summed E-state index contributed by atoms with van der Waals surface area (Å²) in [6.07, 6.45) is 1.82. The molecule has 0 aliphatic carbocycles. The first kappa shape index (κ1) is 14.4. The minimum Gasteiger partial charge on any atom is -0.358 e. The van der Waals surface area contributed by atoms with Crippen LogP contribution in [0.1, 0.15) is 0 Å². The van der Waals surface area contributed by atoms with Gasteiger partial charge in [-0.3, -0.25) is 0 Å². The van der Waals surface area contributed by atoms with Crippen LogP contribution >= 0.6 is 15.9 Å². The standard InChI is InChI=1S/C11H18BrN5OSi/c1-19(2,3)7-6-18-8-17-15-11(14-16-17)10-9(12)4-5-13-10/h4-5,13H,6-8H2,1-3H3. The van der Waals surface area contributed by atoms with Gasteiger partial charge in [0.25, 0.3) is 0 Å². The molecule has 19 heavy (non-hydrogen) atoms. The SMILES string of the molecule is C[Si](C)(C)CCOCn1nnc(-c2[nH]ccc2Br)n1. The van der Waals surface area contributed by atoms with Crippen LogP contribution in [-0.4, -0.2) is 39.9 Å². The zero-order valence-electron chi connectivity index (χ0n) is 11.4. The lowest BCUT2D eigenvalue weighted by Crippen LogP contribution is -2.22. The van der Waals surface area contributed by atoms with Gasteiger partial charge in [0, 0.05) is 25.4 Å². The molecule has 0 aromatic carbocycles. The Morgan fingerprint density at radius 3 is 2.84 bits per heavy atom. The van der Waals surface area contributed by atoms with E-state index in [4.69, 9.17) is 4.74 Å². The van der Waals surface area contributed by atoms with Crippen LogP contribution in [-0.2, 0) is 11.5 Å². The molecule has 0 bridgehead atoms. The van der Waals surface area contributed by atoms with E-state index in [2.05, 4.69) is 56.0 Å². The highest BCUT2D eigenvalue weighted by Gasteiger charge is 2.13. The Labute approximate surface area is 121 Å². The predicted molar refractivity (Wildman–Crippen MR) is 79.4 cm³/mol. The molecule has 2 aromatic heterocycles. The molecule has 0 saturated heterocycles. The number of halogens is 1. The van der Waals surface area contributed by atoms with Crippen molar-refractivity contribution in [1.29, 1.82) is 0 Å². The Balaban J connectivity index is 1.87. The fourth-order valence-electron chi connectivity index (χ4n) is 1.44. The molecule has 6 nitrogen and oxygen atoms in total. The Bertz CT molecular complexity index is 533. The van der Waals surface area contributed by atoms with Gasteiger partial charge in [-0.05, 0) is 33.3 Å². The number of nitrogens with one attached hydrogen (secondary N) is 1. The summed E-state index contributed by atoms with van der Waals surface area (Å²) in [5, 5.41) is 12.2. The second-order valence-electron chi connectivity index (χ2n) is 5.53. The molecule has 0 amide bonds. The average molecular weight is 344 g/mol. The number of aromatic nitrogens is 5. The molecule has 104 valence electrons. The van der Waals surface area contributed by atoms with E-state index in [0.717, 1.165) is 22.8 Å². The van der Waals surface area contributed by atoms with Crippen LogP contribution in [0.2, 0.25) is 25.7 Å². The second-order valence-corrected chi connectivity index (χ2v) is 12.0. The number of tetrazole rings is 1. The van der Waals surface area contributed by atoms with E-state index in [0.29, 0.717) is 12.6 Å². The molecule has 2 heterocycles. The third-order valence-electron chi connectivity index (χ3n) is 2.58. The molecule has 1 N–H and O–H groups in total. The smallest absolute Gasteiger partial charge is 0.222 e. The van der Waals surface area contributed by atoms with Crippen LogP contribution in [0.15, 0.2) is 16.7 Å². The zero-order chi connectivity index (χ0) is 13.9. The van der Waals surface area contributed by atoms with E-state index in [1.165, 1.54) is 4.80 Å². The van der Waals surface area contributed by atoms with Crippen molar-refractivity contribution >= 4 is 24.0 Å². The Morgan fingerprint density at radius 2 is 2.21 bits per heavy atom. The van der Waals surface area contributed by atoms with Crippen molar-refractivity contribution in [1.82, 2.24) is 25.2 Å². The minimum absolute atomic E-state index is 0.343. The highest BCUT2D eigenvalue weighted by atomic mass is 79.9. The normalized spacial score (nSPS) is 12.0. The maximum absolute atomic E-state index is 5.57.